The molecule has 0 fully saturated rings. The van der Waals surface area contributed by atoms with Crippen molar-refractivity contribution in [3.05, 3.63) is 41.5 Å². The molecule has 9 heteroatoms. The van der Waals surface area contributed by atoms with Crippen LogP contribution in [0.15, 0.2) is 30.3 Å². The molecule has 0 saturated carbocycles. The first kappa shape index (κ1) is 26.3. The maximum absolute atomic E-state index is 11.7. The fourth-order valence-electron chi connectivity index (χ4n) is 2.75. The second kappa shape index (κ2) is 11.3. The average molecular weight is 452 g/mol. The molecule has 8 nitrogen and oxygen atoms in total. The molecule has 1 radical (unpaired) electrons. The number of ether oxygens (including phenoxy) is 3. The van der Waals surface area contributed by atoms with E-state index >= 15 is 0 Å². The Bertz CT molecular complexity index is 1000. The molecule has 0 bridgehead atoms. The fraction of sp³-hybridized carbons (Fsp3) is 0.458. The zero-order valence-corrected chi connectivity index (χ0v) is 20.3. The number of likely N-dealkylation sites (N-methyl/N-ethyl adjacent to an activating group) is 1. The van der Waals surface area contributed by atoms with Gasteiger partial charge in [0.25, 0.3) is 0 Å². The third-order valence-electron chi connectivity index (χ3n) is 5.81. The number of carbonyl (C=O) groups is 1. The first-order valence-electron chi connectivity index (χ1n) is 10.5. The Morgan fingerprint density at radius 2 is 1.88 bits per heavy atom. The van der Waals surface area contributed by atoms with E-state index < -0.39 is 11.2 Å². The van der Waals surface area contributed by atoms with E-state index in [-0.39, 0.29) is 0 Å². The highest BCUT2D eigenvalue weighted by molar-refractivity contribution is 6.49. The van der Waals surface area contributed by atoms with Crippen molar-refractivity contribution in [1.82, 2.24) is 4.98 Å². The summed E-state index contributed by atoms with van der Waals surface area (Å²) in [5, 5.41) is 9.40. The number of carbonyl (C=O) groups excluding carboxylic acids is 1. The van der Waals surface area contributed by atoms with Crippen LogP contribution in [0.3, 0.4) is 0 Å². The number of pyridine rings is 1. The molecule has 1 aromatic heterocycles. The van der Waals surface area contributed by atoms with Crippen molar-refractivity contribution in [1.29, 1.82) is 5.26 Å². The molecule has 0 saturated heterocycles. The molecule has 0 N–H and O–H groups in total. The van der Waals surface area contributed by atoms with E-state index in [1.165, 1.54) is 0 Å². The fourth-order valence-corrected chi connectivity index (χ4v) is 2.75. The van der Waals surface area contributed by atoms with Gasteiger partial charge in [-0.1, -0.05) is 6.07 Å². The molecule has 1 heterocycles. The van der Waals surface area contributed by atoms with Gasteiger partial charge < -0.3 is 23.8 Å². The number of hydrogen-bond donors (Lipinski definition) is 0. The van der Waals surface area contributed by atoms with E-state index in [0.717, 1.165) is 6.29 Å². The van der Waals surface area contributed by atoms with Gasteiger partial charge >= 0.3 is 7.48 Å². The van der Waals surface area contributed by atoms with E-state index in [1.54, 1.807) is 52.0 Å². The van der Waals surface area contributed by atoms with Crippen LogP contribution in [0.1, 0.15) is 43.6 Å². The van der Waals surface area contributed by atoms with Crippen LogP contribution in [0.4, 0.5) is 5.82 Å². The summed E-state index contributed by atoms with van der Waals surface area (Å²) in [7, 11) is 6.62. The molecule has 0 spiro atoms. The highest BCUT2D eigenvalue weighted by Crippen LogP contribution is 2.28. The third kappa shape index (κ3) is 6.54. The van der Waals surface area contributed by atoms with Crippen molar-refractivity contribution in [2.24, 2.45) is 0 Å². The van der Waals surface area contributed by atoms with Crippen LogP contribution >= 0.6 is 0 Å². The molecule has 2 aromatic rings. The molecule has 33 heavy (non-hydrogen) atoms. The standard InChI is InChI=1S/C24H31BN3O5/c1-23(2,31-7)24(3,4)33-25-20-10-9-19(14-18(20)16-29)32-21-11-8-17(15-26)22(27-21)28(5)12-13-30-6/h8-11,14,16H,12-13H2,1-7H3. The van der Waals surface area contributed by atoms with Crippen LogP contribution in [0.5, 0.6) is 11.6 Å². The van der Waals surface area contributed by atoms with E-state index in [1.807, 2.05) is 39.6 Å². The van der Waals surface area contributed by atoms with Crippen LogP contribution in [0.25, 0.3) is 0 Å². The van der Waals surface area contributed by atoms with Crippen LogP contribution in [0, 0.1) is 11.3 Å². The Morgan fingerprint density at radius 3 is 2.48 bits per heavy atom. The average Bonchev–Trinajstić information content (AvgIpc) is 2.81. The molecular formula is C24H31BN3O5. The molecule has 1 aromatic carbocycles. The molecule has 175 valence electrons. The van der Waals surface area contributed by atoms with E-state index in [4.69, 9.17) is 18.9 Å². The Labute approximate surface area is 196 Å². The summed E-state index contributed by atoms with van der Waals surface area (Å²) in [5.41, 5.74) is 0.283. The maximum Gasteiger partial charge on any atom is 0.331 e. The zero-order chi connectivity index (χ0) is 24.6. The van der Waals surface area contributed by atoms with Gasteiger partial charge in [0.15, 0.2) is 0 Å². The lowest BCUT2D eigenvalue weighted by Crippen LogP contribution is -2.50. The Hall–Kier alpha value is -2.93. The predicted molar refractivity (Wildman–Crippen MR) is 128 cm³/mol. The lowest BCUT2D eigenvalue weighted by Gasteiger charge is -2.40. The van der Waals surface area contributed by atoms with Gasteiger partial charge in [0.05, 0.1) is 23.4 Å². The number of hydrogen-bond acceptors (Lipinski definition) is 8. The van der Waals surface area contributed by atoms with Gasteiger partial charge in [-0.3, -0.25) is 4.79 Å². The van der Waals surface area contributed by atoms with Gasteiger partial charge in [-0.05, 0) is 51.4 Å². The molecule has 0 aliphatic heterocycles. The first-order chi connectivity index (χ1) is 15.6. The molecule has 0 aliphatic carbocycles. The lowest BCUT2D eigenvalue weighted by molar-refractivity contribution is -0.114. The summed E-state index contributed by atoms with van der Waals surface area (Å²) >= 11 is 0. The van der Waals surface area contributed by atoms with Crippen molar-refractivity contribution in [2.45, 2.75) is 38.9 Å². The SMILES string of the molecule is COCCN(C)c1nc(Oc2ccc([B]OC(C)(C)C(C)(C)OC)c(C=O)c2)ccc1C#N. The minimum absolute atomic E-state index is 0.307. The van der Waals surface area contributed by atoms with Crippen molar-refractivity contribution in [2.75, 3.05) is 39.3 Å². The van der Waals surface area contributed by atoms with Gasteiger partial charge in [0, 0.05) is 39.4 Å². The molecule has 2 rings (SSSR count). The number of methoxy groups -OCH3 is 2. The highest BCUT2D eigenvalue weighted by atomic mass is 16.5. The number of nitriles is 1. The maximum atomic E-state index is 11.7. The predicted octanol–water partition coefficient (Wildman–Crippen LogP) is 3.11. The zero-order valence-electron chi connectivity index (χ0n) is 20.3. The first-order valence-corrected chi connectivity index (χ1v) is 10.5. The number of nitrogens with zero attached hydrogens (tertiary/aromatic N) is 3. The number of aromatic nitrogens is 1. The van der Waals surface area contributed by atoms with Crippen LogP contribution in [-0.2, 0) is 14.1 Å². The van der Waals surface area contributed by atoms with Crippen molar-refractivity contribution in [3.8, 4) is 17.7 Å². The number of rotatable bonds is 12. The van der Waals surface area contributed by atoms with Crippen LogP contribution in [-0.4, -0.2) is 64.4 Å². The Balaban J connectivity index is 2.21. The van der Waals surface area contributed by atoms with E-state index in [0.29, 0.717) is 47.2 Å². The second-order valence-corrected chi connectivity index (χ2v) is 8.52. The van der Waals surface area contributed by atoms with Gasteiger partial charge in [0.1, 0.15) is 23.9 Å². The van der Waals surface area contributed by atoms with Crippen molar-refractivity contribution in [3.63, 3.8) is 0 Å². The summed E-state index contributed by atoms with van der Waals surface area (Å²) in [6.45, 7) is 8.77. The third-order valence-corrected chi connectivity index (χ3v) is 5.81. The molecular weight excluding hydrogens is 421 g/mol. The lowest BCUT2D eigenvalue weighted by atomic mass is 9.80. The van der Waals surface area contributed by atoms with Gasteiger partial charge in [-0.2, -0.15) is 10.2 Å². The summed E-state index contributed by atoms with van der Waals surface area (Å²) in [4.78, 5) is 18.0. The van der Waals surface area contributed by atoms with Gasteiger partial charge in [-0.25, -0.2) is 0 Å². The molecule has 0 amide bonds. The Kier molecular flexibility index (Phi) is 9.00. The normalized spacial score (nSPS) is 11.6. The topological polar surface area (TPSA) is 93.9 Å². The summed E-state index contributed by atoms with van der Waals surface area (Å²) in [6.07, 6.45) is 0.743. The molecule has 0 aliphatic rings. The van der Waals surface area contributed by atoms with Crippen LogP contribution < -0.4 is 15.1 Å². The number of aldehydes is 1. The van der Waals surface area contributed by atoms with E-state index in [2.05, 4.69) is 11.1 Å². The quantitative estimate of drug-likeness (QED) is 0.358. The number of anilines is 1. The smallest absolute Gasteiger partial charge is 0.331 e. The van der Waals surface area contributed by atoms with Gasteiger partial charge in [-0.15, -0.1) is 0 Å². The summed E-state index contributed by atoms with van der Waals surface area (Å²) < 4.78 is 22.5. The minimum atomic E-state index is -0.630. The van der Waals surface area contributed by atoms with Crippen molar-refractivity contribution < 1.29 is 23.7 Å². The van der Waals surface area contributed by atoms with Gasteiger partial charge in [0.2, 0.25) is 5.88 Å². The van der Waals surface area contributed by atoms with Crippen molar-refractivity contribution >= 4 is 25.0 Å². The van der Waals surface area contributed by atoms with Crippen LogP contribution in [0.2, 0.25) is 0 Å². The largest absolute Gasteiger partial charge is 0.439 e. The summed E-state index contributed by atoms with van der Waals surface area (Å²) in [6, 6.07) is 10.5. The minimum Gasteiger partial charge on any atom is -0.439 e. The number of benzene rings is 1. The second-order valence-electron chi connectivity index (χ2n) is 8.52. The molecule has 0 atom stereocenters. The Morgan fingerprint density at radius 1 is 1.15 bits per heavy atom. The molecule has 0 unspecified atom stereocenters. The summed E-state index contributed by atoms with van der Waals surface area (Å²) in [5.74, 6) is 1.23. The highest BCUT2D eigenvalue weighted by Gasteiger charge is 2.38. The van der Waals surface area contributed by atoms with E-state index in [9.17, 15) is 10.1 Å². The monoisotopic (exact) mass is 452 g/mol.